The lowest BCUT2D eigenvalue weighted by Gasteiger charge is -2.09. The van der Waals surface area contributed by atoms with Gasteiger partial charge in [0.1, 0.15) is 11.6 Å². The number of nitrogens with one attached hydrogen (secondary N) is 1. The molecule has 8 heteroatoms. The summed E-state index contributed by atoms with van der Waals surface area (Å²) in [7, 11) is -5.03. The molecule has 0 aliphatic carbocycles. The van der Waals surface area contributed by atoms with E-state index in [4.69, 9.17) is 0 Å². The van der Waals surface area contributed by atoms with E-state index in [9.17, 15) is 12.3 Å². The lowest BCUT2D eigenvalue weighted by atomic mass is 10.2. The standard InChI is InChI=1S/C12H11FN2O3S.ClH/c13-19(16,17)18-11-6-2-1-5-10(11)9-15-12-7-3-4-8-14-12;/h1-8H,9H2,(H,14,15);1H. The van der Waals surface area contributed by atoms with Crippen molar-refractivity contribution in [3.63, 3.8) is 0 Å². The van der Waals surface area contributed by atoms with E-state index >= 15 is 0 Å². The van der Waals surface area contributed by atoms with Crippen LogP contribution in [0.15, 0.2) is 48.7 Å². The van der Waals surface area contributed by atoms with E-state index in [1.807, 2.05) is 6.07 Å². The number of rotatable bonds is 5. The van der Waals surface area contributed by atoms with Crippen molar-refractivity contribution in [2.45, 2.75) is 6.54 Å². The van der Waals surface area contributed by atoms with Crippen molar-refractivity contribution in [3.05, 3.63) is 54.2 Å². The number of benzene rings is 1. The maximum atomic E-state index is 12.5. The highest BCUT2D eigenvalue weighted by Crippen LogP contribution is 2.21. The number of hydrogen-bond donors (Lipinski definition) is 1. The first-order chi connectivity index (χ1) is 9.04. The van der Waals surface area contributed by atoms with Crippen LogP contribution in [0.5, 0.6) is 5.75 Å². The molecule has 2 rings (SSSR count). The highest BCUT2D eigenvalue weighted by atomic mass is 35.5. The van der Waals surface area contributed by atoms with E-state index in [0.717, 1.165) is 0 Å². The lowest BCUT2D eigenvalue weighted by molar-refractivity contribution is 0.438. The van der Waals surface area contributed by atoms with Gasteiger partial charge in [0.05, 0.1) is 0 Å². The topological polar surface area (TPSA) is 68.3 Å². The van der Waals surface area contributed by atoms with Crippen molar-refractivity contribution in [3.8, 4) is 5.75 Å². The van der Waals surface area contributed by atoms with Crippen LogP contribution in [0.2, 0.25) is 0 Å². The second kappa shape index (κ2) is 7.06. The van der Waals surface area contributed by atoms with Gasteiger partial charge in [0.25, 0.3) is 0 Å². The predicted octanol–water partition coefficient (Wildman–Crippen LogP) is 2.71. The normalized spacial score (nSPS) is 10.4. The van der Waals surface area contributed by atoms with Gasteiger partial charge in [-0.2, -0.15) is 8.42 Å². The molecule has 5 nitrogen and oxygen atoms in total. The van der Waals surface area contributed by atoms with Crippen molar-refractivity contribution < 1.29 is 16.5 Å². The highest BCUT2D eigenvalue weighted by Gasteiger charge is 2.12. The van der Waals surface area contributed by atoms with Crippen LogP contribution in [-0.2, 0) is 17.0 Å². The summed E-state index contributed by atoms with van der Waals surface area (Å²) in [6.45, 7) is 0.267. The van der Waals surface area contributed by atoms with Crippen molar-refractivity contribution in [2.75, 3.05) is 5.32 Å². The van der Waals surface area contributed by atoms with Gasteiger partial charge in [-0.3, -0.25) is 0 Å². The number of anilines is 1. The van der Waals surface area contributed by atoms with Gasteiger partial charge in [0.2, 0.25) is 0 Å². The van der Waals surface area contributed by atoms with Crippen LogP contribution in [0, 0.1) is 0 Å². The minimum atomic E-state index is -5.03. The number of halogens is 2. The fourth-order valence-electron chi connectivity index (χ4n) is 1.49. The van der Waals surface area contributed by atoms with Crippen molar-refractivity contribution in [1.29, 1.82) is 0 Å². The molecule has 108 valence electrons. The summed E-state index contributed by atoms with van der Waals surface area (Å²) in [6.07, 6.45) is 1.62. The molecule has 1 N–H and O–H groups in total. The predicted molar refractivity (Wildman–Crippen MR) is 75.9 cm³/mol. The molecule has 0 unspecified atom stereocenters. The zero-order valence-electron chi connectivity index (χ0n) is 10.2. The molecule has 1 heterocycles. The van der Waals surface area contributed by atoms with Crippen LogP contribution in [0.4, 0.5) is 9.70 Å². The molecule has 1 aromatic carbocycles. The summed E-state index contributed by atoms with van der Waals surface area (Å²) in [5.41, 5.74) is 0.509. The van der Waals surface area contributed by atoms with Gasteiger partial charge in [-0.25, -0.2) is 4.98 Å². The van der Waals surface area contributed by atoms with E-state index in [-0.39, 0.29) is 24.7 Å². The van der Waals surface area contributed by atoms with E-state index in [2.05, 4.69) is 14.5 Å². The molecule has 0 aliphatic heterocycles. The molecule has 0 fully saturated rings. The van der Waals surface area contributed by atoms with Gasteiger partial charge >= 0.3 is 10.5 Å². The van der Waals surface area contributed by atoms with Crippen LogP contribution in [0.1, 0.15) is 5.56 Å². The minimum absolute atomic E-state index is 0. The Bertz CT molecular complexity index is 653. The molecule has 0 saturated carbocycles. The lowest BCUT2D eigenvalue weighted by Crippen LogP contribution is -2.07. The molecule has 0 radical (unpaired) electrons. The van der Waals surface area contributed by atoms with Crippen molar-refractivity contribution in [1.82, 2.24) is 4.98 Å². The SMILES string of the molecule is Cl.O=S(=O)(F)Oc1ccccc1CNc1ccccn1. The molecule has 0 atom stereocenters. The van der Waals surface area contributed by atoms with E-state index in [1.54, 1.807) is 36.5 Å². The Morgan fingerprint density at radius 2 is 1.85 bits per heavy atom. The molecule has 0 aliphatic rings. The summed E-state index contributed by atoms with van der Waals surface area (Å²) >= 11 is 0. The smallest absolute Gasteiger partial charge is 0.366 e. The largest absolute Gasteiger partial charge is 0.488 e. The van der Waals surface area contributed by atoms with Crippen molar-refractivity contribution >= 4 is 28.7 Å². The first-order valence-corrected chi connectivity index (χ1v) is 6.72. The fourth-order valence-corrected chi connectivity index (χ4v) is 1.87. The number of hydrogen-bond acceptors (Lipinski definition) is 5. The van der Waals surface area contributed by atoms with Gasteiger partial charge in [-0.05, 0) is 18.2 Å². The minimum Gasteiger partial charge on any atom is -0.366 e. The van der Waals surface area contributed by atoms with Crippen LogP contribution in [-0.4, -0.2) is 13.4 Å². The zero-order valence-corrected chi connectivity index (χ0v) is 11.8. The summed E-state index contributed by atoms with van der Waals surface area (Å²) in [6, 6.07) is 11.6. The third-order valence-corrected chi connectivity index (χ3v) is 2.67. The molecule has 2 aromatic rings. The van der Waals surface area contributed by atoms with Crippen molar-refractivity contribution in [2.24, 2.45) is 0 Å². The Hall–Kier alpha value is -1.86. The first kappa shape index (κ1) is 16.2. The Morgan fingerprint density at radius 1 is 1.15 bits per heavy atom. The second-order valence-corrected chi connectivity index (χ2v) is 4.61. The molecule has 0 amide bonds. The number of nitrogens with zero attached hydrogens (tertiary/aromatic N) is 1. The van der Waals surface area contributed by atoms with Crippen LogP contribution in [0.3, 0.4) is 0 Å². The Balaban J connectivity index is 0.00000200. The first-order valence-electron chi connectivity index (χ1n) is 5.41. The quantitative estimate of drug-likeness (QED) is 0.858. The van der Waals surface area contributed by atoms with Gasteiger partial charge in [0, 0.05) is 18.3 Å². The number of para-hydroxylation sites is 1. The highest BCUT2D eigenvalue weighted by molar-refractivity contribution is 7.81. The Morgan fingerprint density at radius 3 is 2.50 bits per heavy atom. The van der Waals surface area contributed by atoms with Crippen LogP contribution < -0.4 is 9.50 Å². The van der Waals surface area contributed by atoms with E-state index < -0.39 is 10.5 Å². The maximum Gasteiger partial charge on any atom is 0.488 e. The van der Waals surface area contributed by atoms with Gasteiger partial charge in [-0.1, -0.05) is 28.2 Å². The Kier molecular flexibility index (Phi) is 5.72. The average Bonchev–Trinajstić information content (AvgIpc) is 2.37. The third kappa shape index (κ3) is 5.02. The van der Waals surface area contributed by atoms with Gasteiger partial charge in [-0.15, -0.1) is 12.4 Å². The van der Waals surface area contributed by atoms with Gasteiger partial charge in [0.15, 0.2) is 0 Å². The molecule has 0 bridgehead atoms. The van der Waals surface area contributed by atoms with Crippen LogP contribution >= 0.6 is 12.4 Å². The van der Waals surface area contributed by atoms with E-state index in [0.29, 0.717) is 11.4 Å². The number of aromatic nitrogens is 1. The maximum absolute atomic E-state index is 12.5. The summed E-state index contributed by atoms with van der Waals surface area (Å²) < 4.78 is 37.8. The summed E-state index contributed by atoms with van der Waals surface area (Å²) in [4.78, 5) is 4.05. The second-order valence-electron chi connectivity index (χ2n) is 3.65. The molecule has 1 aromatic heterocycles. The third-order valence-electron chi connectivity index (χ3n) is 2.29. The summed E-state index contributed by atoms with van der Waals surface area (Å²) in [5.74, 6) is 0.578. The zero-order chi connectivity index (χ0) is 13.7. The Labute approximate surface area is 122 Å². The monoisotopic (exact) mass is 318 g/mol. The summed E-state index contributed by atoms with van der Waals surface area (Å²) in [5, 5.41) is 2.98. The molecular weight excluding hydrogens is 307 g/mol. The molecular formula is C12H12ClFN2O3S. The molecule has 20 heavy (non-hydrogen) atoms. The molecule has 0 spiro atoms. The average molecular weight is 319 g/mol. The number of pyridine rings is 1. The fraction of sp³-hybridized carbons (Fsp3) is 0.0833. The van der Waals surface area contributed by atoms with Gasteiger partial charge < -0.3 is 9.50 Å². The van der Waals surface area contributed by atoms with E-state index in [1.165, 1.54) is 6.07 Å². The van der Waals surface area contributed by atoms with Crippen LogP contribution in [0.25, 0.3) is 0 Å². The molecule has 0 saturated heterocycles.